The van der Waals surface area contributed by atoms with Gasteiger partial charge in [-0.05, 0) is 53.6 Å². The predicted molar refractivity (Wildman–Crippen MR) is 230 cm³/mol. The summed E-state index contributed by atoms with van der Waals surface area (Å²) in [5.41, 5.74) is 14.3. The summed E-state index contributed by atoms with van der Waals surface area (Å²) < 4.78 is 2.39. The van der Waals surface area contributed by atoms with Gasteiger partial charge in [-0.1, -0.05) is 158 Å². The summed E-state index contributed by atoms with van der Waals surface area (Å²) in [6, 6.07) is 70.5. The second kappa shape index (κ2) is 13.0. The Morgan fingerprint density at radius 1 is 0.339 bits per heavy atom. The van der Waals surface area contributed by atoms with E-state index in [1.54, 1.807) is 0 Å². The smallest absolute Gasteiger partial charge is 0.164 e. The summed E-state index contributed by atoms with van der Waals surface area (Å²) in [5.74, 6) is 1.90. The monoisotopic (exact) mass is 715 g/mol. The van der Waals surface area contributed by atoms with Crippen LogP contribution in [0.2, 0.25) is 0 Å². The minimum atomic E-state index is 0.623. The van der Waals surface area contributed by atoms with E-state index in [1.165, 1.54) is 33.0 Å². The Kier molecular flexibility index (Phi) is 7.42. The molecule has 2 aromatic heterocycles. The van der Waals surface area contributed by atoms with E-state index < -0.39 is 0 Å². The molecule has 0 saturated carbocycles. The van der Waals surface area contributed by atoms with Crippen molar-refractivity contribution >= 4 is 38.9 Å². The highest BCUT2D eigenvalue weighted by atomic mass is 15.2. The van der Waals surface area contributed by atoms with Crippen LogP contribution in [-0.4, -0.2) is 19.5 Å². The van der Waals surface area contributed by atoms with Crippen molar-refractivity contribution in [3.63, 3.8) is 0 Å². The van der Waals surface area contributed by atoms with E-state index in [4.69, 9.17) is 15.0 Å². The van der Waals surface area contributed by atoms with Gasteiger partial charge in [0.1, 0.15) is 0 Å². The fraction of sp³-hybridized carbons (Fsp3) is 0. The van der Waals surface area contributed by atoms with Crippen molar-refractivity contribution < 1.29 is 0 Å². The van der Waals surface area contributed by atoms with Crippen LogP contribution >= 0.6 is 0 Å². The van der Waals surface area contributed by atoms with Gasteiger partial charge < -0.3 is 9.47 Å². The predicted octanol–water partition coefficient (Wildman–Crippen LogP) is 13.1. The molecule has 0 saturated heterocycles. The van der Waals surface area contributed by atoms with Gasteiger partial charge in [-0.15, -0.1) is 0 Å². The normalized spacial score (nSPS) is 11.9. The SMILES string of the molecule is c1ccc(-c2nc(-c3ccccc3)nc(-c3cccc(-n4c5ccccc5c5c6c(ccc54)-c4ccccc4-c4ccccc4N6c4ccccc4)c3)n2)cc1. The van der Waals surface area contributed by atoms with E-state index in [9.17, 15) is 0 Å². The van der Waals surface area contributed by atoms with Crippen molar-refractivity contribution in [2.24, 2.45) is 0 Å². The Morgan fingerprint density at radius 2 is 0.857 bits per heavy atom. The second-order valence-corrected chi connectivity index (χ2v) is 14.0. The van der Waals surface area contributed by atoms with Crippen molar-refractivity contribution in [1.29, 1.82) is 0 Å². The van der Waals surface area contributed by atoms with E-state index in [2.05, 4.69) is 149 Å². The quantitative estimate of drug-likeness (QED) is 0.178. The zero-order valence-corrected chi connectivity index (χ0v) is 30.3. The van der Waals surface area contributed by atoms with E-state index >= 15 is 0 Å². The molecule has 1 aliphatic heterocycles. The first kappa shape index (κ1) is 31.9. The van der Waals surface area contributed by atoms with Crippen molar-refractivity contribution in [2.75, 3.05) is 4.90 Å². The number of hydrogen-bond acceptors (Lipinski definition) is 4. The molecule has 0 aliphatic carbocycles. The zero-order chi connectivity index (χ0) is 37.0. The fourth-order valence-electron chi connectivity index (χ4n) is 8.31. The summed E-state index contributed by atoms with van der Waals surface area (Å²) in [6.07, 6.45) is 0. The van der Waals surface area contributed by atoms with Crippen molar-refractivity contribution in [2.45, 2.75) is 0 Å². The number of rotatable bonds is 5. The van der Waals surface area contributed by atoms with Gasteiger partial charge in [0.25, 0.3) is 0 Å². The molecular weight excluding hydrogens is 683 g/mol. The van der Waals surface area contributed by atoms with E-state index in [0.29, 0.717) is 17.5 Å². The molecule has 0 spiro atoms. The molecule has 8 aromatic carbocycles. The lowest BCUT2D eigenvalue weighted by Crippen LogP contribution is -2.11. The van der Waals surface area contributed by atoms with E-state index in [0.717, 1.165) is 50.5 Å². The van der Waals surface area contributed by atoms with Crippen LogP contribution in [0.1, 0.15) is 0 Å². The molecule has 10 aromatic rings. The summed E-state index contributed by atoms with van der Waals surface area (Å²) in [4.78, 5) is 17.5. The van der Waals surface area contributed by atoms with Gasteiger partial charge in [0.05, 0.1) is 22.4 Å². The van der Waals surface area contributed by atoms with Gasteiger partial charge in [0.2, 0.25) is 0 Å². The Hall–Kier alpha value is -7.63. The average Bonchev–Trinajstić information content (AvgIpc) is 3.56. The molecule has 262 valence electrons. The number of fused-ring (bicyclic) bond motifs is 9. The first-order chi connectivity index (χ1) is 27.8. The topological polar surface area (TPSA) is 46.8 Å². The van der Waals surface area contributed by atoms with Crippen LogP contribution in [0, 0.1) is 0 Å². The van der Waals surface area contributed by atoms with Crippen LogP contribution in [0.5, 0.6) is 0 Å². The third-order valence-electron chi connectivity index (χ3n) is 10.8. The summed E-state index contributed by atoms with van der Waals surface area (Å²) in [6.45, 7) is 0. The highest BCUT2D eigenvalue weighted by Crippen LogP contribution is 2.54. The molecule has 3 heterocycles. The van der Waals surface area contributed by atoms with Gasteiger partial charge in [-0.25, -0.2) is 15.0 Å². The highest BCUT2D eigenvalue weighted by molar-refractivity contribution is 6.21. The van der Waals surface area contributed by atoms with E-state index in [1.807, 2.05) is 60.7 Å². The molecule has 11 rings (SSSR count). The maximum absolute atomic E-state index is 5.06. The van der Waals surface area contributed by atoms with Crippen LogP contribution in [0.25, 0.3) is 83.9 Å². The number of hydrogen-bond donors (Lipinski definition) is 0. The van der Waals surface area contributed by atoms with Crippen LogP contribution < -0.4 is 4.90 Å². The van der Waals surface area contributed by atoms with Crippen LogP contribution in [-0.2, 0) is 0 Å². The minimum absolute atomic E-state index is 0.623. The van der Waals surface area contributed by atoms with Crippen molar-refractivity contribution in [3.05, 3.63) is 200 Å². The Labute approximate surface area is 324 Å². The number of nitrogens with zero attached hydrogens (tertiary/aromatic N) is 5. The fourth-order valence-corrected chi connectivity index (χ4v) is 8.31. The number of anilines is 3. The molecule has 0 N–H and O–H groups in total. The highest BCUT2D eigenvalue weighted by Gasteiger charge is 2.30. The number of aromatic nitrogens is 4. The maximum atomic E-state index is 5.06. The standard InChI is InChI=1S/C51H33N5/c1-4-17-34(18-5-1)49-52-50(35-19-6-2-7-20-35)54-51(53-49)36-21-16-24-38(33-36)55-45-30-15-13-28-43(45)47-46(55)32-31-42-40-26-11-10-25-39(40)41-27-12-14-29-44(41)56(48(42)47)37-22-8-3-9-23-37/h1-33H. The minimum Gasteiger partial charge on any atom is -0.309 e. The summed E-state index contributed by atoms with van der Waals surface area (Å²) in [5, 5.41) is 2.37. The number of benzene rings is 8. The molecule has 0 fully saturated rings. The van der Waals surface area contributed by atoms with Gasteiger partial charge in [-0.2, -0.15) is 0 Å². The van der Waals surface area contributed by atoms with Crippen LogP contribution in [0.3, 0.4) is 0 Å². The lowest BCUT2D eigenvalue weighted by Gasteiger charge is -2.28. The molecule has 56 heavy (non-hydrogen) atoms. The van der Waals surface area contributed by atoms with Gasteiger partial charge in [0.15, 0.2) is 17.5 Å². The molecular formula is C51H33N5. The first-order valence-electron chi connectivity index (χ1n) is 18.9. The Morgan fingerprint density at radius 3 is 1.55 bits per heavy atom. The zero-order valence-electron chi connectivity index (χ0n) is 30.3. The van der Waals surface area contributed by atoms with Crippen LogP contribution in [0.4, 0.5) is 17.1 Å². The van der Waals surface area contributed by atoms with Gasteiger partial charge in [0, 0.05) is 50.0 Å². The van der Waals surface area contributed by atoms with Crippen molar-refractivity contribution in [1.82, 2.24) is 19.5 Å². The molecule has 0 radical (unpaired) electrons. The molecule has 1 aliphatic rings. The van der Waals surface area contributed by atoms with Gasteiger partial charge >= 0.3 is 0 Å². The average molecular weight is 716 g/mol. The van der Waals surface area contributed by atoms with Crippen molar-refractivity contribution in [3.8, 4) is 62.1 Å². The Bertz CT molecular complexity index is 3020. The van der Waals surface area contributed by atoms with E-state index in [-0.39, 0.29) is 0 Å². The Balaban J connectivity index is 1.17. The molecule has 0 unspecified atom stereocenters. The molecule has 0 atom stereocenters. The first-order valence-corrected chi connectivity index (χ1v) is 18.9. The summed E-state index contributed by atoms with van der Waals surface area (Å²) >= 11 is 0. The molecule has 0 bridgehead atoms. The lowest BCUT2D eigenvalue weighted by atomic mass is 9.93. The third kappa shape index (κ3) is 5.13. The molecule has 5 heteroatoms. The molecule has 5 nitrogen and oxygen atoms in total. The third-order valence-corrected chi connectivity index (χ3v) is 10.8. The lowest BCUT2D eigenvalue weighted by molar-refractivity contribution is 1.07. The van der Waals surface area contributed by atoms with Crippen LogP contribution in [0.15, 0.2) is 200 Å². The summed E-state index contributed by atoms with van der Waals surface area (Å²) in [7, 11) is 0. The second-order valence-electron chi connectivity index (χ2n) is 14.0. The number of para-hydroxylation sites is 3. The maximum Gasteiger partial charge on any atom is 0.164 e. The molecule has 0 amide bonds. The largest absolute Gasteiger partial charge is 0.309 e. The van der Waals surface area contributed by atoms with Gasteiger partial charge in [-0.3, -0.25) is 0 Å².